The molecule has 2 amide bonds. The predicted octanol–water partition coefficient (Wildman–Crippen LogP) is 0.573. The van der Waals surface area contributed by atoms with Crippen LogP contribution in [0, 0.1) is 0 Å². The average Bonchev–Trinajstić information content (AvgIpc) is 2.92. The second-order valence-corrected chi connectivity index (χ2v) is 4.85. The monoisotopic (exact) mass is 264 g/mol. The summed E-state index contributed by atoms with van der Waals surface area (Å²) in [6, 6.07) is 2.17. The highest BCUT2D eigenvalue weighted by Gasteiger charge is 2.24. The summed E-state index contributed by atoms with van der Waals surface area (Å²) >= 11 is 0. The summed E-state index contributed by atoms with van der Waals surface area (Å²) in [4.78, 5) is 24.7. The number of nitrogens with one attached hydrogen (secondary N) is 1. The van der Waals surface area contributed by atoms with Gasteiger partial charge in [0, 0.05) is 45.4 Å². The van der Waals surface area contributed by atoms with Crippen LogP contribution in [0.5, 0.6) is 0 Å². The van der Waals surface area contributed by atoms with Gasteiger partial charge in [0.1, 0.15) is 0 Å². The maximum atomic E-state index is 12.0. The number of piperidine rings is 1. The fraction of sp³-hybridized carbons (Fsp3) is 0.615. The van der Waals surface area contributed by atoms with Gasteiger partial charge in [-0.1, -0.05) is 0 Å². The number of carbonyl (C=O) groups excluding carboxylic acids is 2. The van der Waals surface area contributed by atoms with Gasteiger partial charge in [-0.15, -0.1) is 0 Å². The zero-order valence-electron chi connectivity index (χ0n) is 11.2. The summed E-state index contributed by atoms with van der Waals surface area (Å²) in [6.07, 6.45) is 6.12. The van der Waals surface area contributed by atoms with Crippen molar-refractivity contribution in [1.29, 1.82) is 0 Å². The smallest absolute Gasteiger partial charge is 0.224 e. The first-order chi connectivity index (χ1) is 9.16. The van der Waals surface area contributed by atoms with E-state index in [0.717, 1.165) is 19.4 Å². The Balaban J connectivity index is 1.83. The molecule has 0 aliphatic carbocycles. The number of nitrogens with zero attached hydrogens (tertiary/aromatic N) is 3. The highest BCUT2D eigenvalue weighted by molar-refractivity contribution is 5.78. The second kappa shape index (κ2) is 6.36. The van der Waals surface area contributed by atoms with Gasteiger partial charge >= 0.3 is 0 Å². The van der Waals surface area contributed by atoms with E-state index in [1.54, 1.807) is 6.20 Å². The van der Waals surface area contributed by atoms with Crippen LogP contribution >= 0.6 is 0 Å². The average molecular weight is 264 g/mol. The topological polar surface area (TPSA) is 67.2 Å². The number of rotatable bonds is 4. The normalized spacial score (nSPS) is 19.2. The van der Waals surface area contributed by atoms with Crippen LogP contribution in [-0.2, 0) is 9.59 Å². The summed E-state index contributed by atoms with van der Waals surface area (Å²) < 4.78 is 1.92. The van der Waals surface area contributed by atoms with Gasteiger partial charge in [0.25, 0.3) is 0 Å². The van der Waals surface area contributed by atoms with E-state index in [1.807, 2.05) is 21.8 Å². The lowest BCUT2D eigenvalue weighted by atomic mass is 10.1. The summed E-state index contributed by atoms with van der Waals surface area (Å²) in [5.74, 6) is 0.00599. The van der Waals surface area contributed by atoms with Gasteiger partial charge in [-0.25, -0.2) is 0 Å². The van der Waals surface area contributed by atoms with E-state index in [2.05, 4.69) is 10.4 Å². The van der Waals surface area contributed by atoms with E-state index in [1.165, 1.54) is 6.92 Å². The molecule has 1 N–H and O–H groups in total. The third-order valence-corrected chi connectivity index (χ3v) is 3.36. The molecular weight excluding hydrogens is 244 g/mol. The lowest BCUT2D eigenvalue weighted by molar-refractivity contribution is -0.132. The Hall–Kier alpha value is -1.85. The molecule has 0 bridgehead atoms. The van der Waals surface area contributed by atoms with E-state index < -0.39 is 0 Å². The molecule has 1 aliphatic rings. The first-order valence-electron chi connectivity index (χ1n) is 6.68. The molecule has 6 nitrogen and oxygen atoms in total. The van der Waals surface area contributed by atoms with E-state index in [0.29, 0.717) is 19.5 Å². The SMILES string of the molecule is CC(=O)NCCC(=O)N1CCC[C@H](n2cccn2)C1. The van der Waals surface area contributed by atoms with Gasteiger partial charge in [-0.2, -0.15) is 5.10 Å². The zero-order chi connectivity index (χ0) is 13.7. The molecular formula is C13H20N4O2. The summed E-state index contributed by atoms with van der Waals surface area (Å²) in [7, 11) is 0. The van der Waals surface area contributed by atoms with Gasteiger partial charge in [0.2, 0.25) is 11.8 Å². The first-order valence-corrected chi connectivity index (χ1v) is 6.68. The Labute approximate surface area is 112 Å². The van der Waals surface area contributed by atoms with E-state index in [-0.39, 0.29) is 17.9 Å². The van der Waals surface area contributed by atoms with Crippen LogP contribution in [0.15, 0.2) is 18.5 Å². The Bertz CT molecular complexity index is 430. The van der Waals surface area contributed by atoms with Crippen LogP contribution in [0.25, 0.3) is 0 Å². The Morgan fingerprint density at radius 1 is 1.47 bits per heavy atom. The van der Waals surface area contributed by atoms with E-state index in [9.17, 15) is 9.59 Å². The molecule has 1 aromatic rings. The van der Waals surface area contributed by atoms with Crippen LogP contribution < -0.4 is 5.32 Å². The highest BCUT2D eigenvalue weighted by Crippen LogP contribution is 2.20. The van der Waals surface area contributed by atoms with Crippen molar-refractivity contribution in [2.75, 3.05) is 19.6 Å². The van der Waals surface area contributed by atoms with Crippen molar-refractivity contribution in [3.63, 3.8) is 0 Å². The molecule has 1 saturated heterocycles. The predicted molar refractivity (Wildman–Crippen MR) is 70.4 cm³/mol. The van der Waals surface area contributed by atoms with Crippen molar-refractivity contribution in [2.45, 2.75) is 32.2 Å². The third-order valence-electron chi connectivity index (χ3n) is 3.36. The van der Waals surface area contributed by atoms with Gasteiger partial charge in [-0.05, 0) is 18.9 Å². The zero-order valence-corrected chi connectivity index (χ0v) is 11.2. The van der Waals surface area contributed by atoms with Gasteiger partial charge in [0.15, 0.2) is 0 Å². The number of hydrogen-bond donors (Lipinski definition) is 1. The minimum absolute atomic E-state index is 0.0964. The van der Waals surface area contributed by atoms with Crippen molar-refractivity contribution in [1.82, 2.24) is 20.0 Å². The highest BCUT2D eigenvalue weighted by atomic mass is 16.2. The maximum Gasteiger partial charge on any atom is 0.224 e. The molecule has 1 fully saturated rings. The Kier molecular flexibility index (Phi) is 4.54. The fourth-order valence-electron chi connectivity index (χ4n) is 2.40. The van der Waals surface area contributed by atoms with Gasteiger partial charge in [-0.3, -0.25) is 14.3 Å². The van der Waals surface area contributed by atoms with Crippen LogP contribution in [-0.4, -0.2) is 46.1 Å². The summed E-state index contributed by atoms with van der Waals surface area (Å²) in [5, 5.41) is 6.89. The molecule has 1 aromatic heterocycles. The number of carbonyl (C=O) groups is 2. The quantitative estimate of drug-likeness (QED) is 0.864. The Morgan fingerprint density at radius 2 is 2.32 bits per heavy atom. The minimum Gasteiger partial charge on any atom is -0.356 e. The van der Waals surface area contributed by atoms with Crippen molar-refractivity contribution in [3.8, 4) is 0 Å². The largest absolute Gasteiger partial charge is 0.356 e. The van der Waals surface area contributed by atoms with Gasteiger partial charge < -0.3 is 10.2 Å². The first kappa shape index (κ1) is 13.6. The molecule has 1 aliphatic heterocycles. The Morgan fingerprint density at radius 3 is 3.00 bits per heavy atom. The number of likely N-dealkylation sites (tertiary alicyclic amines) is 1. The summed E-state index contributed by atoms with van der Waals surface area (Å²) in [6.45, 7) is 3.38. The van der Waals surface area contributed by atoms with Crippen molar-refractivity contribution >= 4 is 11.8 Å². The minimum atomic E-state index is -0.0964. The van der Waals surface area contributed by atoms with Crippen LogP contribution in [0.4, 0.5) is 0 Å². The van der Waals surface area contributed by atoms with Crippen LogP contribution in [0.2, 0.25) is 0 Å². The van der Waals surface area contributed by atoms with Crippen LogP contribution in [0.3, 0.4) is 0 Å². The molecule has 2 heterocycles. The van der Waals surface area contributed by atoms with Crippen molar-refractivity contribution < 1.29 is 9.59 Å². The molecule has 1 atom stereocenters. The molecule has 0 aromatic carbocycles. The van der Waals surface area contributed by atoms with E-state index >= 15 is 0 Å². The van der Waals surface area contributed by atoms with Gasteiger partial charge in [0.05, 0.1) is 6.04 Å². The molecule has 19 heavy (non-hydrogen) atoms. The lowest BCUT2D eigenvalue weighted by Gasteiger charge is -2.33. The molecule has 104 valence electrons. The van der Waals surface area contributed by atoms with Crippen molar-refractivity contribution in [2.24, 2.45) is 0 Å². The lowest BCUT2D eigenvalue weighted by Crippen LogP contribution is -2.41. The molecule has 6 heteroatoms. The standard InChI is InChI=1S/C13H20N4O2/c1-11(18)14-7-5-13(19)16-8-2-4-12(10-16)17-9-3-6-15-17/h3,6,9,12H,2,4-5,7-8,10H2,1H3,(H,14,18)/t12-/m0/s1. The molecule has 0 spiro atoms. The number of amides is 2. The molecule has 0 radical (unpaired) electrons. The van der Waals surface area contributed by atoms with E-state index in [4.69, 9.17) is 0 Å². The van der Waals surface area contributed by atoms with Crippen LogP contribution in [0.1, 0.15) is 32.2 Å². The summed E-state index contributed by atoms with van der Waals surface area (Å²) in [5.41, 5.74) is 0. The number of hydrogen-bond acceptors (Lipinski definition) is 3. The second-order valence-electron chi connectivity index (χ2n) is 4.85. The number of aromatic nitrogens is 2. The molecule has 0 saturated carbocycles. The van der Waals surface area contributed by atoms with Crippen molar-refractivity contribution in [3.05, 3.63) is 18.5 Å². The third kappa shape index (κ3) is 3.81. The fourth-order valence-corrected chi connectivity index (χ4v) is 2.40. The maximum absolute atomic E-state index is 12.0. The molecule has 0 unspecified atom stereocenters. The molecule has 2 rings (SSSR count).